The maximum absolute atomic E-state index is 12.8. The summed E-state index contributed by atoms with van der Waals surface area (Å²) < 4.78 is 5.75. The molecule has 1 aliphatic carbocycles. The molecule has 0 aliphatic heterocycles. The molecule has 1 atom stereocenters. The van der Waals surface area contributed by atoms with E-state index in [0.717, 1.165) is 36.8 Å². The summed E-state index contributed by atoms with van der Waals surface area (Å²) in [4.78, 5) is 23.9. The molecule has 150 valence electrons. The van der Waals surface area contributed by atoms with E-state index in [0.29, 0.717) is 13.0 Å². The van der Waals surface area contributed by atoms with Crippen molar-refractivity contribution >= 4 is 11.9 Å². The zero-order valence-corrected chi connectivity index (χ0v) is 16.6. The maximum Gasteiger partial charge on any atom is 0.326 e. The predicted octanol–water partition coefficient (Wildman–Crippen LogP) is 3.11. The zero-order chi connectivity index (χ0) is 19.9. The van der Waals surface area contributed by atoms with E-state index in [1.807, 2.05) is 45.0 Å². The van der Waals surface area contributed by atoms with Gasteiger partial charge in [0.05, 0.1) is 0 Å². The summed E-state index contributed by atoms with van der Waals surface area (Å²) in [6.07, 6.45) is 5.08. The molecule has 6 nitrogen and oxygen atoms in total. The van der Waals surface area contributed by atoms with Crippen LogP contribution < -0.4 is 10.8 Å². The first-order chi connectivity index (χ1) is 12.8. The molecule has 1 saturated carbocycles. The summed E-state index contributed by atoms with van der Waals surface area (Å²) in [5.74, 6) is -0.465. The lowest BCUT2D eigenvalue weighted by Gasteiger charge is -2.33. The molecule has 1 aromatic carbocycles. The van der Waals surface area contributed by atoms with Gasteiger partial charge in [-0.3, -0.25) is 20.1 Å². The van der Waals surface area contributed by atoms with Crippen LogP contribution in [0.2, 0.25) is 0 Å². The van der Waals surface area contributed by atoms with Crippen LogP contribution in [-0.4, -0.2) is 28.7 Å². The fourth-order valence-corrected chi connectivity index (χ4v) is 3.22. The number of hydroxylamine groups is 1. The fourth-order valence-electron chi connectivity index (χ4n) is 3.22. The molecule has 0 spiro atoms. The molecule has 1 fully saturated rings. The summed E-state index contributed by atoms with van der Waals surface area (Å²) in [5.41, 5.74) is 2.99. The maximum atomic E-state index is 12.8. The van der Waals surface area contributed by atoms with Gasteiger partial charge in [0.15, 0.2) is 0 Å². The van der Waals surface area contributed by atoms with Crippen LogP contribution in [0, 0.1) is 5.92 Å². The Morgan fingerprint density at radius 1 is 1.19 bits per heavy atom. The minimum absolute atomic E-state index is 0.0628. The summed E-state index contributed by atoms with van der Waals surface area (Å²) in [7, 11) is 0. The highest BCUT2D eigenvalue weighted by Crippen LogP contribution is 2.26. The largest absolute Gasteiger partial charge is 0.461 e. The van der Waals surface area contributed by atoms with Gasteiger partial charge in [0.25, 0.3) is 0 Å². The van der Waals surface area contributed by atoms with Crippen LogP contribution in [0.25, 0.3) is 0 Å². The Kier molecular flexibility index (Phi) is 7.80. The number of ether oxygens (including phenoxy) is 1. The van der Waals surface area contributed by atoms with Crippen LogP contribution in [0.1, 0.15) is 64.0 Å². The molecule has 1 unspecified atom stereocenters. The van der Waals surface area contributed by atoms with Crippen LogP contribution in [0.4, 0.5) is 0 Å². The second-order valence-electron chi connectivity index (χ2n) is 7.87. The number of hydrogen-bond acceptors (Lipinski definition) is 5. The van der Waals surface area contributed by atoms with Crippen molar-refractivity contribution in [2.24, 2.45) is 5.92 Å². The highest BCUT2D eigenvalue weighted by Gasteiger charge is 2.39. The van der Waals surface area contributed by atoms with Crippen molar-refractivity contribution in [3.8, 4) is 0 Å². The zero-order valence-electron chi connectivity index (χ0n) is 16.6. The van der Waals surface area contributed by atoms with Gasteiger partial charge >= 0.3 is 5.97 Å². The Morgan fingerprint density at radius 2 is 1.78 bits per heavy atom. The predicted molar refractivity (Wildman–Crippen MR) is 103 cm³/mol. The first kappa shape index (κ1) is 21.4. The van der Waals surface area contributed by atoms with Crippen molar-refractivity contribution in [2.45, 2.75) is 77.5 Å². The Labute approximate surface area is 161 Å². The summed E-state index contributed by atoms with van der Waals surface area (Å²) >= 11 is 0. The molecule has 0 aromatic heterocycles. The first-order valence-corrected chi connectivity index (χ1v) is 9.82. The van der Waals surface area contributed by atoms with Gasteiger partial charge in [-0.1, -0.05) is 38.1 Å². The molecule has 3 N–H and O–H groups in total. The number of hydrogen-bond donors (Lipinski definition) is 3. The number of carbonyl (C=O) groups is 2. The topological polar surface area (TPSA) is 87.7 Å². The van der Waals surface area contributed by atoms with E-state index < -0.39 is 11.4 Å². The smallest absolute Gasteiger partial charge is 0.326 e. The third-order valence-corrected chi connectivity index (χ3v) is 5.60. The van der Waals surface area contributed by atoms with Gasteiger partial charge in [-0.2, -0.15) is 0 Å². The van der Waals surface area contributed by atoms with E-state index in [4.69, 9.17) is 9.94 Å². The molecule has 27 heavy (non-hydrogen) atoms. The van der Waals surface area contributed by atoms with Gasteiger partial charge in [0.2, 0.25) is 5.91 Å². The number of nitrogens with one attached hydrogen (secondary N) is 2. The SMILES string of the molecule is CC(C)C(C)(NCc1ccc(CCC(=O)NO)cc1)C(=O)OC1CCCC1. The number of carbonyl (C=O) groups excluding carboxylic acids is 2. The standard InChI is InChI=1S/C21H32N2O4/c1-15(2)21(3,20(25)27-18-6-4-5-7-18)22-14-17-10-8-16(9-11-17)12-13-19(24)23-26/h8-11,15,18,22,26H,4-7,12-14H2,1-3H3,(H,23,24). The van der Waals surface area contributed by atoms with Crippen LogP contribution in [-0.2, 0) is 27.3 Å². The van der Waals surface area contributed by atoms with Crippen molar-refractivity contribution in [1.82, 2.24) is 10.8 Å². The fraction of sp³-hybridized carbons (Fsp3) is 0.619. The van der Waals surface area contributed by atoms with Gasteiger partial charge in [0.1, 0.15) is 11.6 Å². The highest BCUT2D eigenvalue weighted by molar-refractivity contribution is 5.81. The molecule has 1 aliphatic rings. The Hall–Kier alpha value is -1.92. The van der Waals surface area contributed by atoms with Crippen molar-refractivity contribution in [3.63, 3.8) is 0 Å². The van der Waals surface area contributed by atoms with E-state index in [1.54, 1.807) is 5.48 Å². The minimum Gasteiger partial charge on any atom is -0.461 e. The average Bonchev–Trinajstić information content (AvgIpc) is 3.17. The summed E-state index contributed by atoms with van der Waals surface area (Å²) in [6.45, 7) is 6.53. The molecule has 1 amide bonds. The Balaban J connectivity index is 1.92. The van der Waals surface area contributed by atoms with Crippen molar-refractivity contribution in [2.75, 3.05) is 0 Å². The van der Waals surface area contributed by atoms with Crippen molar-refractivity contribution in [3.05, 3.63) is 35.4 Å². The highest BCUT2D eigenvalue weighted by atomic mass is 16.5. The van der Waals surface area contributed by atoms with Gasteiger partial charge in [-0.15, -0.1) is 0 Å². The van der Waals surface area contributed by atoms with Gasteiger partial charge in [0, 0.05) is 13.0 Å². The number of aryl methyl sites for hydroxylation is 1. The molecular formula is C21H32N2O4. The summed E-state index contributed by atoms with van der Waals surface area (Å²) in [5, 5.41) is 11.9. The second-order valence-corrected chi connectivity index (χ2v) is 7.87. The molecule has 0 saturated heterocycles. The normalized spacial score (nSPS) is 16.9. The van der Waals surface area contributed by atoms with Gasteiger partial charge in [-0.05, 0) is 56.1 Å². The summed E-state index contributed by atoms with van der Waals surface area (Å²) in [6, 6.07) is 7.90. The minimum atomic E-state index is -0.736. The number of benzene rings is 1. The van der Waals surface area contributed by atoms with Crippen LogP contribution >= 0.6 is 0 Å². The number of esters is 1. The van der Waals surface area contributed by atoms with Crippen LogP contribution in [0.3, 0.4) is 0 Å². The quantitative estimate of drug-likeness (QED) is 0.350. The number of amides is 1. The molecule has 0 heterocycles. The first-order valence-electron chi connectivity index (χ1n) is 9.82. The Bertz CT molecular complexity index is 624. The molecule has 1 aromatic rings. The molecular weight excluding hydrogens is 344 g/mol. The third kappa shape index (κ3) is 6.04. The second kappa shape index (κ2) is 9.85. The lowest BCUT2D eigenvalue weighted by molar-refractivity contribution is -0.158. The van der Waals surface area contributed by atoms with Crippen molar-refractivity contribution < 1.29 is 19.5 Å². The lowest BCUT2D eigenvalue weighted by Crippen LogP contribution is -2.54. The van der Waals surface area contributed by atoms with Crippen LogP contribution in [0.5, 0.6) is 0 Å². The molecule has 6 heteroatoms. The van der Waals surface area contributed by atoms with Crippen LogP contribution in [0.15, 0.2) is 24.3 Å². The van der Waals surface area contributed by atoms with Gasteiger partial charge < -0.3 is 4.74 Å². The van der Waals surface area contributed by atoms with E-state index >= 15 is 0 Å². The van der Waals surface area contributed by atoms with E-state index in [1.165, 1.54) is 0 Å². The Morgan fingerprint density at radius 3 is 2.33 bits per heavy atom. The van der Waals surface area contributed by atoms with E-state index in [9.17, 15) is 9.59 Å². The number of rotatable bonds is 9. The van der Waals surface area contributed by atoms with Gasteiger partial charge in [-0.25, -0.2) is 5.48 Å². The van der Waals surface area contributed by atoms with Crippen molar-refractivity contribution in [1.29, 1.82) is 0 Å². The average molecular weight is 376 g/mol. The van der Waals surface area contributed by atoms with E-state index in [-0.39, 0.29) is 24.4 Å². The third-order valence-electron chi connectivity index (χ3n) is 5.60. The lowest BCUT2D eigenvalue weighted by atomic mass is 9.88. The molecule has 0 bridgehead atoms. The van der Waals surface area contributed by atoms with E-state index in [2.05, 4.69) is 5.32 Å². The monoisotopic (exact) mass is 376 g/mol. The molecule has 0 radical (unpaired) electrons. The molecule has 2 rings (SSSR count).